The van der Waals surface area contributed by atoms with Crippen LogP contribution < -0.4 is 5.32 Å². The molecule has 3 rings (SSSR count). The van der Waals surface area contributed by atoms with Gasteiger partial charge in [0.05, 0.1) is 20.4 Å². The van der Waals surface area contributed by atoms with Gasteiger partial charge in [-0.25, -0.2) is 0 Å². The van der Waals surface area contributed by atoms with Crippen molar-refractivity contribution in [1.29, 1.82) is 0 Å². The summed E-state index contributed by atoms with van der Waals surface area (Å²) in [5.74, 6) is 0.861. The second-order valence-corrected chi connectivity index (χ2v) is 7.33. The van der Waals surface area contributed by atoms with Gasteiger partial charge in [0, 0.05) is 25.1 Å². The molecule has 8 nitrogen and oxygen atoms in total. The highest BCUT2D eigenvalue weighted by Gasteiger charge is 2.14. The fourth-order valence-corrected chi connectivity index (χ4v) is 3.45. The van der Waals surface area contributed by atoms with Gasteiger partial charge in [-0.15, -0.1) is 11.3 Å². The lowest BCUT2D eigenvalue weighted by Crippen LogP contribution is -2.24. The Morgan fingerprint density at radius 1 is 1.29 bits per heavy atom. The molecule has 0 aliphatic rings. The number of hydrogen-bond donors (Lipinski definition) is 1. The average molecular weight is 421 g/mol. The minimum Gasteiger partial charge on any atom is -0.352 e. The van der Waals surface area contributed by atoms with Gasteiger partial charge in [-0.05, 0) is 30.4 Å². The highest BCUT2D eigenvalue weighted by Crippen LogP contribution is 2.23. The van der Waals surface area contributed by atoms with Crippen LogP contribution in [0.1, 0.15) is 35.5 Å². The van der Waals surface area contributed by atoms with Gasteiger partial charge in [-0.3, -0.25) is 14.9 Å². The molecule has 0 saturated heterocycles. The number of nitro benzene ring substituents is 1. The number of nitrogens with zero attached hydrogens (tertiary/aromatic N) is 3. The lowest BCUT2D eigenvalue weighted by Gasteiger charge is -2.06. The number of carbonyl (C=O) groups is 1. The zero-order valence-electron chi connectivity index (χ0n) is 14.8. The van der Waals surface area contributed by atoms with Crippen LogP contribution in [0.5, 0.6) is 0 Å². The number of carbonyl (C=O) groups excluding carboxylic acids is 1. The standard InChI is InChI=1S/C18H17ClN4O4S/c19-14-11-12(23(25)26)7-8-13(14)18(24)20-9-3-1-2-6-16-21-17(22-27-16)15-5-4-10-28-15/h4-5,7-8,10-11H,1-3,6,9H2,(H,20,24). The summed E-state index contributed by atoms with van der Waals surface area (Å²) in [5, 5.41) is 19.5. The number of nitrogens with one attached hydrogen (secondary N) is 1. The molecule has 1 aromatic carbocycles. The van der Waals surface area contributed by atoms with Crippen LogP contribution in [-0.4, -0.2) is 27.5 Å². The molecule has 1 N–H and O–H groups in total. The Morgan fingerprint density at radius 3 is 2.86 bits per heavy atom. The molecular formula is C18H17ClN4O4S. The molecule has 2 aromatic heterocycles. The molecule has 3 aromatic rings. The van der Waals surface area contributed by atoms with E-state index in [0.717, 1.165) is 24.1 Å². The molecule has 0 spiro atoms. The number of benzene rings is 1. The van der Waals surface area contributed by atoms with Crippen molar-refractivity contribution in [3.8, 4) is 10.7 Å². The van der Waals surface area contributed by atoms with Crippen LogP contribution in [0.25, 0.3) is 10.7 Å². The molecule has 1 amide bonds. The molecule has 10 heteroatoms. The normalized spacial score (nSPS) is 10.8. The Labute approximate surface area is 169 Å². The average Bonchev–Trinajstić information content (AvgIpc) is 3.35. The van der Waals surface area contributed by atoms with Gasteiger partial charge >= 0.3 is 0 Å². The minimum absolute atomic E-state index is 0.0599. The van der Waals surface area contributed by atoms with Gasteiger partial charge < -0.3 is 9.84 Å². The van der Waals surface area contributed by atoms with Crippen molar-refractivity contribution in [2.75, 3.05) is 6.54 Å². The molecule has 146 valence electrons. The summed E-state index contributed by atoms with van der Waals surface area (Å²) < 4.78 is 5.24. The number of hydrogen-bond acceptors (Lipinski definition) is 7. The smallest absolute Gasteiger partial charge is 0.270 e. The number of non-ortho nitro benzene ring substituents is 1. The van der Waals surface area contributed by atoms with Crippen LogP contribution in [0, 0.1) is 10.1 Å². The SMILES string of the molecule is O=C(NCCCCCc1nc(-c2cccs2)no1)c1ccc([N+](=O)[O-])cc1Cl. The third kappa shape index (κ3) is 5.14. The summed E-state index contributed by atoms with van der Waals surface area (Å²) in [4.78, 5) is 27.6. The Balaban J connectivity index is 1.37. The molecule has 0 aliphatic carbocycles. The number of thiophene rings is 1. The largest absolute Gasteiger partial charge is 0.352 e. The summed E-state index contributed by atoms with van der Waals surface area (Å²) >= 11 is 7.51. The Morgan fingerprint density at radius 2 is 2.14 bits per heavy atom. The van der Waals surface area contributed by atoms with E-state index in [9.17, 15) is 14.9 Å². The summed E-state index contributed by atoms with van der Waals surface area (Å²) in [7, 11) is 0. The molecule has 28 heavy (non-hydrogen) atoms. The van der Waals surface area contributed by atoms with Gasteiger partial charge in [0.25, 0.3) is 11.6 Å². The van der Waals surface area contributed by atoms with E-state index < -0.39 is 4.92 Å². The van der Waals surface area contributed by atoms with E-state index in [-0.39, 0.29) is 22.2 Å². The Bertz CT molecular complexity index is 958. The van der Waals surface area contributed by atoms with Gasteiger partial charge in [0.1, 0.15) is 0 Å². The summed E-state index contributed by atoms with van der Waals surface area (Å²) in [6.45, 7) is 0.483. The first-order valence-electron chi connectivity index (χ1n) is 8.63. The number of nitro groups is 1. The number of halogens is 1. The molecule has 0 aliphatic heterocycles. The van der Waals surface area contributed by atoms with Gasteiger partial charge in [0.2, 0.25) is 11.7 Å². The van der Waals surface area contributed by atoms with E-state index in [1.165, 1.54) is 18.2 Å². The molecule has 0 saturated carbocycles. The molecule has 0 radical (unpaired) electrons. The van der Waals surface area contributed by atoms with Gasteiger partial charge in [-0.1, -0.05) is 29.2 Å². The second-order valence-electron chi connectivity index (χ2n) is 5.98. The third-order valence-corrected chi connectivity index (χ3v) is 5.15. The highest BCUT2D eigenvalue weighted by atomic mass is 35.5. The van der Waals surface area contributed by atoms with Crippen LogP contribution in [0.2, 0.25) is 5.02 Å². The van der Waals surface area contributed by atoms with Crippen LogP contribution >= 0.6 is 22.9 Å². The van der Waals surface area contributed by atoms with Crippen molar-refractivity contribution >= 4 is 34.5 Å². The zero-order valence-corrected chi connectivity index (χ0v) is 16.3. The van der Waals surface area contributed by atoms with E-state index in [4.69, 9.17) is 16.1 Å². The Hall–Kier alpha value is -2.78. The van der Waals surface area contributed by atoms with Gasteiger partial charge in [-0.2, -0.15) is 4.98 Å². The van der Waals surface area contributed by atoms with Crippen LogP contribution in [-0.2, 0) is 6.42 Å². The number of rotatable bonds is 9. The highest BCUT2D eigenvalue weighted by molar-refractivity contribution is 7.13. The minimum atomic E-state index is -0.555. The zero-order chi connectivity index (χ0) is 19.9. The summed E-state index contributed by atoms with van der Waals surface area (Å²) in [5.41, 5.74) is 0.0732. The summed E-state index contributed by atoms with van der Waals surface area (Å²) in [6.07, 6.45) is 3.20. The summed E-state index contributed by atoms with van der Waals surface area (Å²) in [6, 6.07) is 7.67. The van der Waals surface area contributed by atoms with Crippen LogP contribution in [0.3, 0.4) is 0 Å². The predicted octanol–water partition coefficient (Wildman–Crippen LogP) is 4.50. The topological polar surface area (TPSA) is 111 Å². The van der Waals surface area contributed by atoms with E-state index in [0.29, 0.717) is 24.7 Å². The fraction of sp³-hybridized carbons (Fsp3) is 0.278. The molecule has 2 heterocycles. The maximum Gasteiger partial charge on any atom is 0.270 e. The number of unbranched alkanes of at least 4 members (excludes halogenated alkanes) is 2. The van der Waals surface area contributed by atoms with Crippen LogP contribution in [0.15, 0.2) is 40.2 Å². The monoisotopic (exact) mass is 420 g/mol. The van der Waals surface area contributed by atoms with E-state index in [1.54, 1.807) is 11.3 Å². The fourth-order valence-electron chi connectivity index (χ4n) is 2.54. The van der Waals surface area contributed by atoms with E-state index in [2.05, 4.69) is 15.5 Å². The van der Waals surface area contributed by atoms with E-state index >= 15 is 0 Å². The van der Waals surface area contributed by atoms with Gasteiger partial charge in [0.15, 0.2) is 0 Å². The first-order valence-corrected chi connectivity index (χ1v) is 9.89. The molecule has 0 unspecified atom stereocenters. The molecular weight excluding hydrogens is 404 g/mol. The molecule has 0 atom stereocenters. The first-order chi connectivity index (χ1) is 13.5. The Kier molecular flexibility index (Phi) is 6.72. The number of aryl methyl sites for hydroxylation is 1. The number of aromatic nitrogens is 2. The van der Waals surface area contributed by atoms with E-state index in [1.807, 2.05) is 17.5 Å². The van der Waals surface area contributed by atoms with Crippen LogP contribution in [0.4, 0.5) is 5.69 Å². The maximum atomic E-state index is 12.1. The lowest BCUT2D eigenvalue weighted by atomic mass is 10.1. The lowest BCUT2D eigenvalue weighted by molar-refractivity contribution is -0.384. The predicted molar refractivity (Wildman–Crippen MR) is 106 cm³/mol. The maximum absolute atomic E-state index is 12.1. The van der Waals surface area contributed by atoms with Crippen molar-refractivity contribution in [2.45, 2.75) is 25.7 Å². The van der Waals surface area contributed by atoms with Crippen molar-refractivity contribution in [3.05, 3.63) is 62.3 Å². The van der Waals surface area contributed by atoms with Crippen molar-refractivity contribution in [2.24, 2.45) is 0 Å². The van der Waals surface area contributed by atoms with Crippen molar-refractivity contribution in [1.82, 2.24) is 15.5 Å². The first kappa shape index (κ1) is 20.0. The molecule has 0 fully saturated rings. The second kappa shape index (κ2) is 9.43. The van der Waals surface area contributed by atoms with Crippen molar-refractivity contribution < 1.29 is 14.2 Å². The number of amides is 1. The third-order valence-electron chi connectivity index (χ3n) is 3.97. The van der Waals surface area contributed by atoms with Crippen molar-refractivity contribution in [3.63, 3.8) is 0 Å². The molecule has 0 bridgehead atoms. The quantitative estimate of drug-likeness (QED) is 0.310.